The van der Waals surface area contributed by atoms with Crippen LogP contribution in [0.25, 0.3) is 0 Å². The predicted molar refractivity (Wildman–Crippen MR) is 70.0 cm³/mol. The van der Waals surface area contributed by atoms with Crippen LogP contribution in [-0.4, -0.2) is 32.6 Å². The van der Waals surface area contributed by atoms with Gasteiger partial charge >= 0.3 is 5.97 Å². The zero-order valence-electron chi connectivity index (χ0n) is 11.0. The molecule has 0 amide bonds. The Balaban J connectivity index is 3.30. The number of methoxy groups -OCH3 is 1. The first-order valence-corrected chi connectivity index (χ1v) is 7.23. The number of ether oxygens (including phenoxy) is 1. The number of hydrogen-bond donors (Lipinski definition) is 2. The summed E-state index contributed by atoms with van der Waals surface area (Å²) in [5, 5.41) is 8.91. The highest BCUT2D eigenvalue weighted by atomic mass is 32.2. The lowest BCUT2D eigenvalue weighted by molar-refractivity contribution is 0.0696. The molecule has 1 aromatic rings. The van der Waals surface area contributed by atoms with E-state index in [1.165, 1.54) is 19.2 Å². The fourth-order valence-corrected chi connectivity index (χ4v) is 2.95. The summed E-state index contributed by atoms with van der Waals surface area (Å²) >= 11 is 0. The maximum atomic E-state index is 12.2. The molecule has 0 aliphatic rings. The van der Waals surface area contributed by atoms with Gasteiger partial charge in [0.05, 0.1) is 12.7 Å². The van der Waals surface area contributed by atoms with Crippen LogP contribution in [0.1, 0.15) is 30.6 Å². The van der Waals surface area contributed by atoms with Crippen LogP contribution in [0.2, 0.25) is 0 Å². The molecule has 2 N–H and O–H groups in total. The number of benzene rings is 1. The Kier molecular flexibility index (Phi) is 4.90. The fourth-order valence-electron chi connectivity index (χ4n) is 1.43. The molecule has 1 atom stereocenters. The number of sulfonamides is 1. The van der Waals surface area contributed by atoms with Crippen LogP contribution < -0.4 is 9.46 Å². The molecule has 1 unspecified atom stereocenters. The number of carboxylic acid groups (broad SMARTS) is 1. The van der Waals surface area contributed by atoms with Crippen molar-refractivity contribution in [2.24, 2.45) is 0 Å². The number of hydrogen-bond acceptors (Lipinski definition) is 4. The van der Waals surface area contributed by atoms with Gasteiger partial charge in [-0.15, -0.1) is 0 Å². The van der Waals surface area contributed by atoms with Crippen molar-refractivity contribution in [2.75, 3.05) is 7.11 Å². The van der Waals surface area contributed by atoms with Gasteiger partial charge in [0.25, 0.3) is 0 Å². The van der Waals surface area contributed by atoms with Crippen LogP contribution in [0.4, 0.5) is 0 Å². The molecule has 19 heavy (non-hydrogen) atoms. The minimum absolute atomic E-state index is 0.106. The second-order valence-electron chi connectivity index (χ2n) is 4.10. The minimum atomic E-state index is -3.81. The normalized spacial score (nSPS) is 13.0. The summed E-state index contributed by atoms with van der Waals surface area (Å²) in [6, 6.07) is 3.47. The monoisotopic (exact) mass is 287 g/mol. The Hall–Kier alpha value is -1.60. The third kappa shape index (κ3) is 3.68. The van der Waals surface area contributed by atoms with Crippen molar-refractivity contribution in [3.05, 3.63) is 23.8 Å². The molecule has 0 saturated carbocycles. The van der Waals surface area contributed by atoms with Gasteiger partial charge in [-0.2, -0.15) is 0 Å². The highest BCUT2D eigenvalue weighted by Crippen LogP contribution is 2.25. The maximum absolute atomic E-state index is 12.2. The summed E-state index contributed by atoms with van der Waals surface area (Å²) in [4.78, 5) is 10.7. The van der Waals surface area contributed by atoms with Gasteiger partial charge in [-0.25, -0.2) is 17.9 Å². The summed E-state index contributed by atoms with van der Waals surface area (Å²) < 4.78 is 31.8. The molecule has 0 bridgehead atoms. The molecular formula is C12H17NO5S. The van der Waals surface area contributed by atoms with Gasteiger partial charge < -0.3 is 9.84 Å². The van der Waals surface area contributed by atoms with Gasteiger partial charge in [0, 0.05) is 6.04 Å². The molecule has 0 spiro atoms. The van der Waals surface area contributed by atoms with Crippen LogP contribution in [0.15, 0.2) is 23.1 Å². The van der Waals surface area contributed by atoms with E-state index in [9.17, 15) is 13.2 Å². The highest BCUT2D eigenvalue weighted by Gasteiger charge is 2.22. The van der Waals surface area contributed by atoms with E-state index < -0.39 is 16.0 Å². The largest absolute Gasteiger partial charge is 0.495 e. The lowest BCUT2D eigenvalue weighted by Crippen LogP contribution is -2.32. The van der Waals surface area contributed by atoms with Crippen molar-refractivity contribution in [1.82, 2.24) is 4.72 Å². The first kappa shape index (κ1) is 15.5. The van der Waals surface area contributed by atoms with E-state index in [1.807, 2.05) is 6.92 Å². The van der Waals surface area contributed by atoms with Crippen molar-refractivity contribution in [2.45, 2.75) is 31.2 Å². The Morgan fingerprint density at radius 1 is 1.47 bits per heavy atom. The molecule has 0 aliphatic carbocycles. The molecule has 7 heteroatoms. The predicted octanol–water partition coefficient (Wildman–Crippen LogP) is 1.47. The fraction of sp³-hybridized carbons (Fsp3) is 0.417. The molecule has 0 heterocycles. The zero-order valence-corrected chi connectivity index (χ0v) is 11.8. The van der Waals surface area contributed by atoms with Gasteiger partial charge in [0.1, 0.15) is 10.6 Å². The molecule has 0 radical (unpaired) electrons. The number of rotatable bonds is 6. The first-order chi connectivity index (χ1) is 8.81. The standard InChI is InChI=1S/C12H17NO5S/c1-4-8(2)13-19(16,17)11-7-9(12(14)15)5-6-10(11)18-3/h5-8,13H,4H2,1-3H3,(H,14,15). The molecule has 0 saturated heterocycles. The van der Waals surface area contributed by atoms with Gasteiger partial charge in [0.2, 0.25) is 10.0 Å². The third-order valence-corrected chi connectivity index (χ3v) is 4.28. The van der Waals surface area contributed by atoms with Crippen LogP contribution in [0.5, 0.6) is 5.75 Å². The third-order valence-electron chi connectivity index (χ3n) is 2.67. The van der Waals surface area contributed by atoms with Crippen LogP contribution in [0, 0.1) is 0 Å². The zero-order chi connectivity index (χ0) is 14.6. The number of carbonyl (C=O) groups is 1. The summed E-state index contributed by atoms with van der Waals surface area (Å²) in [6.45, 7) is 3.57. The van der Waals surface area contributed by atoms with Crippen LogP contribution in [-0.2, 0) is 10.0 Å². The van der Waals surface area contributed by atoms with E-state index in [0.29, 0.717) is 6.42 Å². The smallest absolute Gasteiger partial charge is 0.335 e. The second kappa shape index (κ2) is 6.03. The maximum Gasteiger partial charge on any atom is 0.335 e. The Morgan fingerprint density at radius 3 is 2.58 bits per heavy atom. The lowest BCUT2D eigenvalue weighted by atomic mass is 10.2. The molecular weight excluding hydrogens is 270 g/mol. The topological polar surface area (TPSA) is 92.7 Å². The van der Waals surface area contributed by atoms with E-state index in [4.69, 9.17) is 9.84 Å². The quantitative estimate of drug-likeness (QED) is 0.826. The van der Waals surface area contributed by atoms with E-state index in [1.54, 1.807) is 6.92 Å². The van der Waals surface area contributed by atoms with Gasteiger partial charge in [-0.1, -0.05) is 6.92 Å². The Labute approximate surface area is 112 Å². The van der Waals surface area contributed by atoms with E-state index >= 15 is 0 Å². The highest BCUT2D eigenvalue weighted by molar-refractivity contribution is 7.89. The van der Waals surface area contributed by atoms with Gasteiger partial charge in [-0.3, -0.25) is 0 Å². The van der Waals surface area contributed by atoms with Crippen molar-refractivity contribution in [1.29, 1.82) is 0 Å². The van der Waals surface area contributed by atoms with Gasteiger partial charge in [-0.05, 0) is 31.5 Å². The van der Waals surface area contributed by atoms with Crippen molar-refractivity contribution in [3.63, 3.8) is 0 Å². The Morgan fingerprint density at radius 2 is 2.11 bits per heavy atom. The number of aromatic carboxylic acids is 1. The lowest BCUT2D eigenvalue weighted by Gasteiger charge is -2.14. The minimum Gasteiger partial charge on any atom is -0.495 e. The second-order valence-corrected chi connectivity index (χ2v) is 5.78. The van der Waals surface area contributed by atoms with Crippen LogP contribution >= 0.6 is 0 Å². The summed E-state index contributed by atoms with van der Waals surface area (Å²) in [5.41, 5.74) is -0.106. The molecule has 0 aromatic heterocycles. The molecule has 106 valence electrons. The first-order valence-electron chi connectivity index (χ1n) is 5.75. The average molecular weight is 287 g/mol. The van der Waals surface area contributed by atoms with Gasteiger partial charge in [0.15, 0.2) is 0 Å². The summed E-state index contributed by atoms with van der Waals surface area (Å²) in [5.74, 6) is -1.08. The molecule has 1 aromatic carbocycles. The Bertz CT molecular complexity index is 567. The summed E-state index contributed by atoms with van der Waals surface area (Å²) in [6.07, 6.45) is 0.625. The molecule has 6 nitrogen and oxygen atoms in total. The van der Waals surface area contributed by atoms with Crippen LogP contribution in [0.3, 0.4) is 0 Å². The van der Waals surface area contributed by atoms with E-state index in [-0.39, 0.29) is 22.3 Å². The molecule has 1 rings (SSSR count). The average Bonchev–Trinajstić information content (AvgIpc) is 2.37. The molecule has 0 fully saturated rings. The molecule has 0 aliphatic heterocycles. The number of nitrogens with one attached hydrogen (secondary N) is 1. The number of carboxylic acids is 1. The van der Waals surface area contributed by atoms with E-state index in [0.717, 1.165) is 6.07 Å². The summed E-state index contributed by atoms with van der Waals surface area (Å²) in [7, 11) is -2.48. The van der Waals surface area contributed by atoms with Crippen molar-refractivity contribution >= 4 is 16.0 Å². The van der Waals surface area contributed by atoms with Crippen molar-refractivity contribution < 1.29 is 23.1 Å². The van der Waals surface area contributed by atoms with E-state index in [2.05, 4.69) is 4.72 Å². The van der Waals surface area contributed by atoms with Crippen molar-refractivity contribution in [3.8, 4) is 5.75 Å². The SMILES string of the molecule is CCC(C)NS(=O)(=O)c1cc(C(=O)O)ccc1OC.